The van der Waals surface area contributed by atoms with E-state index in [0.717, 1.165) is 36.5 Å². The Labute approximate surface area is 136 Å². The van der Waals surface area contributed by atoms with E-state index in [1.165, 1.54) is 44.9 Å². The standard InChI is InChI=1S/C21H34O/c1-14-5-8-17-16-7-6-15-13-19(2,22)11-12-21(15,4)18(16)9-10-20(14,17)3/h15-18,22H,1,5-13H2,2-4H3/t15-,16-,17-,18-,19+,20+,21-/m1/s1. The highest BCUT2D eigenvalue weighted by Gasteiger charge is 2.59. The second-order valence-corrected chi connectivity index (χ2v) is 9.96. The van der Waals surface area contributed by atoms with Gasteiger partial charge in [-0.05, 0) is 99.2 Å². The van der Waals surface area contributed by atoms with Gasteiger partial charge in [-0.3, -0.25) is 0 Å². The highest BCUT2D eigenvalue weighted by atomic mass is 16.3. The quantitative estimate of drug-likeness (QED) is 0.599. The van der Waals surface area contributed by atoms with Crippen molar-refractivity contribution in [2.75, 3.05) is 0 Å². The van der Waals surface area contributed by atoms with Gasteiger partial charge in [-0.2, -0.15) is 0 Å². The fourth-order valence-corrected chi connectivity index (χ4v) is 7.34. The van der Waals surface area contributed by atoms with Crippen LogP contribution in [0.4, 0.5) is 0 Å². The van der Waals surface area contributed by atoms with Gasteiger partial charge in [0, 0.05) is 0 Å². The van der Waals surface area contributed by atoms with Gasteiger partial charge in [-0.1, -0.05) is 26.0 Å². The lowest BCUT2D eigenvalue weighted by Crippen LogP contribution is -2.55. The summed E-state index contributed by atoms with van der Waals surface area (Å²) in [7, 11) is 0. The zero-order valence-corrected chi connectivity index (χ0v) is 14.8. The van der Waals surface area contributed by atoms with Crippen LogP contribution in [0, 0.1) is 34.5 Å². The van der Waals surface area contributed by atoms with E-state index in [4.69, 9.17) is 0 Å². The lowest BCUT2D eigenvalue weighted by atomic mass is 9.44. The van der Waals surface area contributed by atoms with Crippen LogP contribution in [0.5, 0.6) is 0 Å². The van der Waals surface area contributed by atoms with Crippen LogP contribution in [0.15, 0.2) is 12.2 Å². The van der Waals surface area contributed by atoms with Crippen molar-refractivity contribution in [3.05, 3.63) is 12.2 Å². The van der Waals surface area contributed by atoms with Crippen LogP contribution < -0.4 is 0 Å². The van der Waals surface area contributed by atoms with Gasteiger partial charge in [0.15, 0.2) is 0 Å². The molecule has 0 unspecified atom stereocenters. The van der Waals surface area contributed by atoms with E-state index in [2.05, 4.69) is 27.4 Å². The smallest absolute Gasteiger partial charge is 0.0622 e. The fraction of sp³-hybridized carbons (Fsp3) is 0.905. The maximum Gasteiger partial charge on any atom is 0.0622 e. The molecule has 1 heteroatoms. The molecule has 0 amide bonds. The van der Waals surface area contributed by atoms with Gasteiger partial charge in [0.25, 0.3) is 0 Å². The van der Waals surface area contributed by atoms with Gasteiger partial charge in [0.2, 0.25) is 0 Å². The first-order chi connectivity index (χ1) is 10.3. The minimum absolute atomic E-state index is 0.401. The Bertz CT molecular complexity index is 492. The fourth-order valence-electron chi connectivity index (χ4n) is 7.34. The van der Waals surface area contributed by atoms with Gasteiger partial charge in [-0.15, -0.1) is 0 Å². The molecule has 0 aromatic rings. The average Bonchev–Trinajstić information content (AvgIpc) is 2.76. The topological polar surface area (TPSA) is 20.2 Å². The molecule has 0 saturated heterocycles. The number of rotatable bonds is 0. The van der Waals surface area contributed by atoms with Crippen molar-refractivity contribution >= 4 is 0 Å². The molecule has 0 heterocycles. The Morgan fingerprint density at radius 2 is 1.73 bits per heavy atom. The molecule has 4 saturated carbocycles. The predicted octanol–water partition coefficient (Wildman–Crippen LogP) is 5.34. The molecule has 1 N–H and O–H groups in total. The van der Waals surface area contributed by atoms with Crippen molar-refractivity contribution in [3.8, 4) is 0 Å². The van der Waals surface area contributed by atoms with Gasteiger partial charge in [-0.25, -0.2) is 0 Å². The Morgan fingerprint density at radius 1 is 0.955 bits per heavy atom. The van der Waals surface area contributed by atoms with E-state index >= 15 is 0 Å². The van der Waals surface area contributed by atoms with E-state index in [1.807, 2.05) is 0 Å². The molecular weight excluding hydrogens is 268 g/mol. The Balaban J connectivity index is 1.63. The van der Waals surface area contributed by atoms with Crippen molar-refractivity contribution in [2.24, 2.45) is 34.5 Å². The first-order valence-corrected chi connectivity index (χ1v) is 9.67. The molecule has 4 fully saturated rings. The molecule has 0 spiro atoms. The molecule has 22 heavy (non-hydrogen) atoms. The van der Waals surface area contributed by atoms with Crippen LogP contribution in [0.25, 0.3) is 0 Å². The third-order valence-corrected chi connectivity index (χ3v) is 8.91. The highest BCUT2D eigenvalue weighted by Crippen LogP contribution is 2.67. The van der Waals surface area contributed by atoms with E-state index in [0.29, 0.717) is 10.8 Å². The lowest BCUT2D eigenvalue weighted by molar-refractivity contribution is -0.139. The number of hydrogen-bond donors (Lipinski definition) is 1. The molecule has 0 aliphatic heterocycles. The van der Waals surface area contributed by atoms with Gasteiger partial charge in [0.05, 0.1) is 5.60 Å². The molecular formula is C21H34O. The predicted molar refractivity (Wildman–Crippen MR) is 91.5 cm³/mol. The van der Waals surface area contributed by atoms with Crippen LogP contribution in [-0.4, -0.2) is 10.7 Å². The zero-order valence-electron chi connectivity index (χ0n) is 14.8. The van der Waals surface area contributed by atoms with Crippen molar-refractivity contribution < 1.29 is 5.11 Å². The second kappa shape index (κ2) is 4.62. The summed E-state index contributed by atoms with van der Waals surface area (Å²) in [5, 5.41) is 10.5. The first-order valence-electron chi connectivity index (χ1n) is 9.67. The molecule has 0 bridgehead atoms. The Morgan fingerprint density at radius 3 is 2.50 bits per heavy atom. The monoisotopic (exact) mass is 302 g/mol. The minimum Gasteiger partial charge on any atom is -0.390 e. The van der Waals surface area contributed by atoms with E-state index < -0.39 is 5.60 Å². The summed E-state index contributed by atoms with van der Waals surface area (Å²) >= 11 is 0. The van der Waals surface area contributed by atoms with Crippen LogP contribution in [0.3, 0.4) is 0 Å². The van der Waals surface area contributed by atoms with E-state index in [-0.39, 0.29) is 0 Å². The summed E-state index contributed by atoms with van der Waals surface area (Å²) in [6, 6.07) is 0. The Kier molecular flexibility index (Phi) is 3.20. The molecule has 0 aromatic heterocycles. The van der Waals surface area contributed by atoms with Crippen LogP contribution in [0.1, 0.15) is 78.6 Å². The molecule has 124 valence electrons. The SMILES string of the molecule is C=C1CC[C@@H]2[C@H]3CC[C@@H]4C[C@@](C)(O)CC[C@@]4(C)[C@@H]3CC[C@@]12C. The normalized spacial score (nSPS) is 57.9. The van der Waals surface area contributed by atoms with Crippen LogP contribution in [0.2, 0.25) is 0 Å². The van der Waals surface area contributed by atoms with Crippen molar-refractivity contribution in [1.29, 1.82) is 0 Å². The minimum atomic E-state index is -0.401. The third-order valence-electron chi connectivity index (χ3n) is 8.91. The molecule has 4 rings (SSSR count). The third kappa shape index (κ3) is 1.93. The maximum atomic E-state index is 10.5. The second-order valence-electron chi connectivity index (χ2n) is 9.96. The molecule has 1 nitrogen and oxygen atoms in total. The van der Waals surface area contributed by atoms with Gasteiger partial charge >= 0.3 is 0 Å². The molecule has 7 atom stereocenters. The summed E-state index contributed by atoms with van der Waals surface area (Å²) in [5.74, 6) is 3.50. The largest absolute Gasteiger partial charge is 0.390 e. The zero-order chi connectivity index (χ0) is 15.8. The number of hydrogen-bond acceptors (Lipinski definition) is 1. The number of fused-ring (bicyclic) bond motifs is 5. The molecule has 4 aliphatic carbocycles. The summed E-state index contributed by atoms with van der Waals surface area (Å²) in [4.78, 5) is 0. The lowest BCUT2D eigenvalue weighted by Gasteiger charge is -2.61. The van der Waals surface area contributed by atoms with Crippen LogP contribution >= 0.6 is 0 Å². The number of aliphatic hydroxyl groups is 1. The Hall–Kier alpha value is -0.300. The number of allylic oxidation sites excluding steroid dienone is 1. The molecule has 0 aromatic carbocycles. The van der Waals surface area contributed by atoms with Crippen LogP contribution in [-0.2, 0) is 0 Å². The average molecular weight is 303 g/mol. The molecule has 0 radical (unpaired) electrons. The summed E-state index contributed by atoms with van der Waals surface area (Å²) in [5.41, 5.74) is 2.10. The summed E-state index contributed by atoms with van der Waals surface area (Å²) in [6.07, 6.45) is 11.5. The van der Waals surface area contributed by atoms with Crippen molar-refractivity contribution in [1.82, 2.24) is 0 Å². The van der Waals surface area contributed by atoms with Gasteiger partial charge < -0.3 is 5.11 Å². The van der Waals surface area contributed by atoms with Crippen molar-refractivity contribution in [2.45, 2.75) is 84.2 Å². The van der Waals surface area contributed by atoms with Crippen molar-refractivity contribution in [3.63, 3.8) is 0 Å². The first kappa shape index (κ1) is 15.2. The summed E-state index contributed by atoms with van der Waals surface area (Å²) in [6.45, 7) is 11.6. The van der Waals surface area contributed by atoms with E-state index in [1.54, 1.807) is 5.57 Å². The summed E-state index contributed by atoms with van der Waals surface area (Å²) < 4.78 is 0. The van der Waals surface area contributed by atoms with Gasteiger partial charge in [0.1, 0.15) is 0 Å². The van der Waals surface area contributed by atoms with E-state index in [9.17, 15) is 5.11 Å². The molecule has 4 aliphatic rings. The highest BCUT2D eigenvalue weighted by molar-refractivity contribution is 5.21. The maximum absolute atomic E-state index is 10.5.